The Balaban J connectivity index is 1.94. The van der Waals surface area contributed by atoms with E-state index in [1.807, 2.05) is 82.3 Å². The van der Waals surface area contributed by atoms with Crippen LogP contribution < -0.4 is 4.90 Å². The summed E-state index contributed by atoms with van der Waals surface area (Å²) in [5, 5.41) is 17.9. The molecule has 8 nitrogen and oxygen atoms in total. The molecule has 0 aliphatic carbocycles. The van der Waals surface area contributed by atoms with Gasteiger partial charge in [-0.05, 0) is 81.6 Å². The highest BCUT2D eigenvalue weighted by Gasteiger charge is 2.24. The Kier molecular flexibility index (Phi) is 6.30. The minimum absolute atomic E-state index is 0.464. The Morgan fingerprint density at radius 2 is 1.83 bits per heavy atom. The van der Waals surface area contributed by atoms with E-state index in [-0.39, 0.29) is 0 Å². The third-order valence-electron chi connectivity index (χ3n) is 5.55. The van der Waals surface area contributed by atoms with Gasteiger partial charge in [-0.25, -0.2) is 14.5 Å². The molecule has 0 saturated carbocycles. The zero-order valence-corrected chi connectivity index (χ0v) is 20.8. The van der Waals surface area contributed by atoms with Gasteiger partial charge in [0.2, 0.25) is 0 Å². The summed E-state index contributed by atoms with van der Waals surface area (Å²) >= 11 is 0. The number of carbonyl (C=O) groups is 1. The first-order chi connectivity index (χ1) is 16.6. The molecule has 0 atom stereocenters. The minimum Gasteiger partial charge on any atom is -0.443 e. The quantitative estimate of drug-likeness (QED) is 0.225. The number of amides is 1. The monoisotopic (exact) mass is 471 g/mol. The van der Waals surface area contributed by atoms with Crippen molar-refractivity contribution in [1.29, 1.82) is 0 Å². The number of nitrogens with zero attached hydrogens (tertiary/aromatic N) is 5. The van der Waals surface area contributed by atoms with Crippen molar-refractivity contribution in [2.75, 3.05) is 11.9 Å². The van der Waals surface area contributed by atoms with Crippen molar-refractivity contribution >= 4 is 28.4 Å². The predicted octanol–water partition coefficient (Wildman–Crippen LogP) is 5.97. The molecule has 2 aromatic heterocycles. The van der Waals surface area contributed by atoms with Gasteiger partial charge in [0.1, 0.15) is 5.60 Å². The molecule has 0 saturated heterocycles. The lowest BCUT2D eigenvalue weighted by molar-refractivity contribution is 0.0590. The van der Waals surface area contributed by atoms with E-state index in [0.29, 0.717) is 17.2 Å². The second-order valence-corrected chi connectivity index (χ2v) is 9.43. The summed E-state index contributed by atoms with van der Waals surface area (Å²) < 4.78 is 7.39. The van der Waals surface area contributed by atoms with Crippen LogP contribution in [0.15, 0.2) is 65.9 Å². The molecule has 0 unspecified atom stereocenters. The van der Waals surface area contributed by atoms with Gasteiger partial charge < -0.3 is 9.94 Å². The molecule has 4 aromatic rings. The summed E-state index contributed by atoms with van der Waals surface area (Å²) in [5.41, 5.74) is 4.76. The van der Waals surface area contributed by atoms with E-state index in [9.17, 15) is 10.0 Å². The van der Waals surface area contributed by atoms with Gasteiger partial charge in [0, 0.05) is 18.1 Å². The van der Waals surface area contributed by atoms with Gasteiger partial charge in [0.05, 0.1) is 23.1 Å². The van der Waals surface area contributed by atoms with Gasteiger partial charge in [-0.2, -0.15) is 5.10 Å². The average Bonchev–Trinajstić information content (AvgIpc) is 3.25. The van der Waals surface area contributed by atoms with Crippen LogP contribution in [0.4, 0.5) is 10.5 Å². The molecule has 0 aliphatic heterocycles. The summed E-state index contributed by atoms with van der Waals surface area (Å²) in [5.74, 6) is 0.681. The van der Waals surface area contributed by atoms with E-state index in [0.717, 1.165) is 33.3 Å². The lowest BCUT2D eigenvalue weighted by atomic mass is 9.99. The zero-order valence-electron chi connectivity index (χ0n) is 20.8. The molecule has 2 aromatic carbocycles. The van der Waals surface area contributed by atoms with Crippen LogP contribution in [-0.2, 0) is 4.74 Å². The number of fused-ring (bicyclic) bond motifs is 1. The van der Waals surface area contributed by atoms with Gasteiger partial charge in [-0.1, -0.05) is 29.4 Å². The van der Waals surface area contributed by atoms with E-state index in [4.69, 9.17) is 4.74 Å². The molecule has 4 rings (SSSR count). The Morgan fingerprint density at radius 3 is 2.51 bits per heavy atom. The highest BCUT2D eigenvalue weighted by Crippen LogP contribution is 2.35. The number of aryl methyl sites for hydroxylation is 1. The fourth-order valence-corrected chi connectivity index (χ4v) is 3.79. The summed E-state index contributed by atoms with van der Waals surface area (Å²) in [6.45, 7) is 9.18. The molecular weight excluding hydrogens is 442 g/mol. The Bertz CT molecular complexity index is 1430. The third kappa shape index (κ3) is 5.01. The van der Waals surface area contributed by atoms with E-state index < -0.39 is 11.7 Å². The summed E-state index contributed by atoms with van der Waals surface area (Å²) in [4.78, 5) is 19.1. The molecule has 0 bridgehead atoms. The van der Waals surface area contributed by atoms with Crippen LogP contribution >= 0.6 is 0 Å². The molecular formula is C27H29N5O3. The number of rotatable bonds is 4. The van der Waals surface area contributed by atoms with Gasteiger partial charge in [0.25, 0.3) is 0 Å². The van der Waals surface area contributed by atoms with Gasteiger partial charge >= 0.3 is 6.09 Å². The number of aromatic nitrogens is 3. The lowest BCUT2D eigenvalue weighted by Crippen LogP contribution is -2.34. The molecule has 0 spiro atoms. The van der Waals surface area contributed by atoms with E-state index in [2.05, 4.69) is 15.2 Å². The second-order valence-electron chi connectivity index (χ2n) is 9.43. The summed E-state index contributed by atoms with van der Waals surface area (Å²) in [6.07, 6.45) is 1.27. The number of anilines is 1. The van der Waals surface area contributed by atoms with Crippen LogP contribution in [0.1, 0.15) is 39.0 Å². The standard InChI is InChI=1S/C27H29N5O3/c1-17-9-7-12-25(29-17)32-24-15-21(20-11-8-10-19(13-20)18(2)30-34)14-23(22(24)16-28-32)31(6)26(33)35-27(3,4)5/h7-16,34H,1-6H3/b30-18-. The largest absolute Gasteiger partial charge is 0.443 e. The molecule has 0 fully saturated rings. The summed E-state index contributed by atoms with van der Waals surface area (Å²) in [7, 11) is 1.69. The van der Waals surface area contributed by atoms with Crippen molar-refractivity contribution < 1.29 is 14.7 Å². The fourth-order valence-electron chi connectivity index (χ4n) is 3.79. The molecule has 0 radical (unpaired) electrons. The molecule has 1 N–H and O–H groups in total. The smallest absolute Gasteiger partial charge is 0.414 e. The number of hydrogen-bond donors (Lipinski definition) is 1. The van der Waals surface area contributed by atoms with Gasteiger partial charge in [-0.15, -0.1) is 0 Å². The van der Waals surface area contributed by atoms with Crippen molar-refractivity contribution in [1.82, 2.24) is 14.8 Å². The second kappa shape index (κ2) is 9.21. The van der Waals surface area contributed by atoms with E-state index in [1.165, 1.54) is 4.90 Å². The fraction of sp³-hybridized carbons (Fsp3) is 0.259. The van der Waals surface area contributed by atoms with Crippen LogP contribution in [-0.4, -0.2) is 44.4 Å². The van der Waals surface area contributed by atoms with E-state index >= 15 is 0 Å². The van der Waals surface area contributed by atoms with E-state index in [1.54, 1.807) is 24.9 Å². The number of benzene rings is 2. The maximum absolute atomic E-state index is 13.0. The number of pyridine rings is 1. The topological polar surface area (TPSA) is 92.8 Å². The number of ether oxygens (including phenoxy) is 1. The molecule has 35 heavy (non-hydrogen) atoms. The van der Waals surface area contributed by atoms with Crippen molar-refractivity contribution in [2.45, 2.75) is 40.2 Å². The van der Waals surface area contributed by atoms with Crippen molar-refractivity contribution in [2.24, 2.45) is 5.16 Å². The maximum Gasteiger partial charge on any atom is 0.414 e. The first-order valence-electron chi connectivity index (χ1n) is 11.3. The average molecular weight is 472 g/mol. The van der Waals surface area contributed by atoms with Crippen LogP contribution in [0, 0.1) is 6.92 Å². The first kappa shape index (κ1) is 23.9. The van der Waals surface area contributed by atoms with Crippen LogP contribution in [0.25, 0.3) is 27.8 Å². The molecule has 8 heteroatoms. The summed E-state index contributed by atoms with van der Waals surface area (Å²) in [6, 6.07) is 17.4. The highest BCUT2D eigenvalue weighted by molar-refractivity contribution is 6.04. The van der Waals surface area contributed by atoms with Gasteiger partial charge in [0.15, 0.2) is 5.82 Å². The lowest BCUT2D eigenvalue weighted by Gasteiger charge is -2.25. The van der Waals surface area contributed by atoms with Gasteiger partial charge in [-0.3, -0.25) is 4.90 Å². The number of hydrogen-bond acceptors (Lipinski definition) is 6. The Morgan fingerprint density at radius 1 is 1.09 bits per heavy atom. The normalized spacial score (nSPS) is 12.1. The minimum atomic E-state index is -0.632. The maximum atomic E-state index is 13.0. The highest BCUT2D eigenvalue weighted by atomic mass is 16.6. The van der Waals surface area contributed by atoms with Crippen LogP contribution in [0.5, 0.6) is 0 Å². The van der Waals surface area contributed by atoms with Crippen LogP contribution in [0.2, 0.25) is 0 Å². The van der Waals surface area contributed by atoms with Crippen molar-refractivity contribution in [3.05, 3.63) is 72.1 Å². The Labute approximate surface area is 204 Å². The number of carbonyl (C=O) groups excluding carboxylic acids is 1. The van der Waals surface area contributed by atoms with Crippen molar-refractivity contribution in [3.63, 3.8) is 0 Å². The third-order valence-corrected chi connectivity index (χ3v) is 5.55. The molecule has 2 heterocycles. The SMILES string of the molecule is C/C(=N/O)c1cccc(-c2cc(N(C)C(=O)OC(C)(C)C)c3cnn(-c4cccc(C)n4)c3c2)c1. The first-order valence-corrected chi connectivity index (χ1v) is 11.3. The zero-order chi connectivity index (χ0) is 25.3. The molecule has 1 amide bonds. The van der Waals surface area contributed by atoms with Crippen LogP contribution in [0.3, 0.4) is 0 Å². The predicted molar refractivity (Wildman–Crippen MR) is 138 cm³/mol. The molecule has 180 valence electrons. The van der Waals surface area contributed by atoms with Crippen molar-refractivity contribution in [3.8, 4) is 16.9 Å². The Hall–Kier alpha value is -4.20. The number of oxime groups is 1. The molecule has 0 aliphatic rings.